The third-order valence-corrected chi connectivity index (χ3v) is 3.84. The molecule has 3 nitrogen and oxygen atoms in total. The van der Waals surface area contributed by atoms with Crippen molar-refractivity contribution in [2.75, 3.05) is 7.05 Å². The highest BCUT2D eigenvalue weighted by Gasteiger charge is 2.03. The molecule has 5 heteroatoms. The quantitative estimate of drug-likeness (QED) is 0.913. The van der Waals surface area contributed by atoms with E-state index in [1.165, 1.54) is 4.88 Å². The van der Waals surface area contributed by atoms with Crippen molar-refractivity contribution in [2.24, 2.45) is 0 Å². The maximum absolute atomic E-state index is 5.96. The molecule has 0 bridgehead atoms. The highest BCUT2D eigenvalue weighted by atomic mass is 35.5. The molecule has 0 saturated heterocycles. The van der Waals surface area contributed by atoms with E-state index in [2.05, 4.69) is 10.3 Å². The van der Waals surface area contributed by atoms with Crippen LogP contribution in [0.5, 0.6) is 5.75 Å². The Labute approximate surface area is 116 Å². The molecule has 0 aliphatic heterocycles. The summed E-state index contributed by atoms with van der Waals surface area (Å²) < 4.78 is 5.69. The Balaban J connectivity index is 1.95. The third kappa shape index (κ3) is 3.45. The predicted molar refractivity (Wildman–Crippen MR) is 75.4 cm³/mol. The average molecular weight is 283 g/mol. The van der Waals surface area contributed by atoms with E-state index in [9.17, 15) is 0 Å². The first-order valence-corrected chi connectivity index (χ1v) is 6.85. The van der Waals surface area contributed by atoms with Crippen LogP contribution in [0.1, 0.15) is 15.4 Å². The maximum atomic E-state index is 5.96. The minimum atomic E-state index is 0.495. The average Bonchev–Trinajstić information content (AvgIpc) is 2.79. The standard InChI is InChI=1S/C13H15ClN2OS/c1-9-5-10(3-4-12(9)14)17-8-13-16-7-11(18-13)6-15-2/h3-5,7,15H,6,8H2,1-2H3. The molecule has 0 unspecified atom stereocenters. The summed E-state index contributed by atoms with van der Waals surface area (Å²) in [4.78, 5) is 5.53. The first-order valence-electron chi connectivity index (χ1n) is 5.66. The first kappa shape index (κ1) is 13.3. The number of rotatable bonds is 5. The Bertz CT molecular complexity index is 527. The molecule has 0 saturated carbocycles. The summed E-state index contributed by atoms with van der Waals surface area (Å²) in [5, 5.41) is 4.84. The number of halogens is 1. The van der Waals surface area contributed by atoms with Crippen molar-refractivity contribution in [1.29, 1.82) is 0 Å². The largest absolute Gasteiger partial charge is 0.486 e. The van der Waals surface area contributed by atoms with E-state index < -0.39 is 0 Å². The lowest BCUT2D eigenvalue weighted by molar-refractivity contribution is 0.305. The molecule has 0 amide bonds. The van der Waals surface area contributed by atoms with Gasteiger partial charge >= 0.3 is 0 Å². The van der Waals surface area contributed by atoms with Gasteiger partial charge in [-0.25, -0.2) is 4.98 Å². The zero-order valence-electron chi connectivity index (χ0n) is 10.4. The van der Waals surface area contributed by atoms with Crippen LogP contribution in [0.4, 0.5) is 0 Å². The van der Waals surface area contributed by atoms with Gasteiger partial charge < -0.3 is 10.1 Å². The molecule has 0 atom stereocenters. The van der Waals surface area contributed by atoms with Crippen molar-refractivity contribution in [3.63, 3.8) is 0 Å². The molecule has 0 aliphatic rings. The van der Waals surface area contributed by atoms with Crippen molar-refractivity contribution in [3.8, 4) is 5.75 Å². The van der Waals surface area contributed by atoms with Gasteiger partial charge in [-0.1, -0.05) is 11.6 Å². The number of aryl methyl sites for hydroxylation is 1. The summed E-state index contributed by atoms with van der Waals surface area (Å²) in [5.41, 5.74) is 1.02. The van der Waals surface area contributed by atoms with E-state index in [1.54, 1.807) is 11.3 Å². The van der Waals surface area contributed by atoms with Gasteiger partial charge in [-0.05, 0) is 37.7 Å². The van der Waals surface area contributed by atoms with Crippen LogP contribution in [-0.4, -0.2) is 12.0 Å². The van der Waals surface area contributed by atoms with Gasteiger partial charge in [0.05, 0.1) is 0 Å². The van der Waals surface area contributed by atoms with Crippen LogP contribution in [0.25, 0.3) is 0 Å². The normalized spacial score (nSPS) is 10.6. The molecule has 2 aromatic rings. The lowest BCUT2D eigenvalue weighted by Gasteiger charge is -2.05. The Morgan fingerprint density at radius 3 is 3.00 bits per heavy atom. The summed E-state index contributed by atoms with van der Waals surface area (Å²) >= 11 is 7.62. The molecule has 1 N–H and O–H groups in total. The van der Waals surface area contributed by atoms with E-state index >= 15 is 0 Å². The number of benzene rings is 1. The molecule has 1 aromatic carbocycles. The third-order valence-electron chi connectivity index (χ3n) is 2.44. The Kier molecular flexibility index (Phi) is 4.58. The minimum absolute atomic E-state index is 0.495. The molecule has 0 aliphatic carbocycles. The molecule has 96 valence electrons. The predicted octanol–water partition coefficient (Wildman–Crippen LogP) is 3.40. The van der Waals surface area contributed by atoms with Crippen LogP contribution in [0.3, 0.4) is 0 Å². The molecule has 18 heavy (non-hydrogen) atoms. The van der Waals surface area contributed by atoms with Crippen LogP contribution >= 0.6 is 22.9 Å². The highest BCUT2D eigenvalue weighted by molar-refractivity contribution is 7.11. The summed E-state index contributed by atoms with van der Waals surface area (Å²) in [7, 11) is 1.92. The van der Waals surface area contributed by atoms with Crippen molar-refractivity contribution in [1.82, 2.24) is 10.3 Å². The van der Waals surface area contributed by atoms with Gasteiger partial charge in [0, 0.05) is 22.6 Å². The van der Waals surface area contributed by atoms with Gasteiger partial charge in [-0.3, -0.25) is 0 Å². The van der Waals surface area contributed by atoms with Gasteiger partial charge in [0.2, 0.25) is 0 Å². The van der Waals surface area contributed by atoms with Crippen molar-refractivity contribution >= 4 is 22.9 Å². The highest BCUT2D eigenvalue weighted by Crippen LogP contribution is 2.22. The zero-order chi connectivity index (χ0) is 13.0. The molecule has 0 spiro atoms. The Morgan fingerprint density at radius 1 is 1.44 bits per heavy atom. The maximum Gasteiger partial charge on any atom is 0.140 e. The van der Waals surface area contributed by atoms with Crippen LogP contribution in [0, 0.1) is 6.92 Å². The van der Waals surface area contributed by atoms with E-state index in [-0.39, 0.29) is 0 Å². The number of aromatic nitrogens is 1. The van der Waals surface area contributed by atoms with Crippen molar-refractivity contribution < 1.29 is 4.74 Å². The topological polar surface area (TPSA) is 34.2 Å². The molecule has 1 aromatic heterocycles. The van der Waals surface area contributed by atoms with E-state index in [0.29, 0.717) is 6.61 Å². The second-order valence-electron chi connectivity index (χ2n) is 3.95. The molecule has 0 radical (unpaired) electrons. The monoisotopic (exact) mass is 282 g/mol. The van der Waals surface area contributed by atoms with Gasteiger partial charge in [0.1, 0.15) is 17.4 Å². The lowest BCUT2D eigenvalue weighted by atomic mass is 10.2. The molecular formula is C13H15ClN2OS. The molecule has 0 fully saturated rings. The Morgan fingerprint density at radius 2 is 2.28 bits per heavy atom. The summed E-state index contributed by atoms with van der Waals surface area (Å²) in [6.07, 6.45) is 1.88. The lowest BCUT2D eigenvalue weighted by Crippen LogP contribution is -2.02. The number of nitrogens with zero attached hydrogens (tertiary/aromatic N) is 1. The van der Waals surface area contributed by atoms with Crippen LogP contribution in [0.2, 0.25) is 5.02 Å². The number of nitrogens with one attached hydrogen (secondary N) is 1. The fraction of sp³-hybridized carbons (Fsp3) is 0.308. The van der Waals surface area contributed by atoms with Gasteiger partial charge in [0.25, 0.3) is 0 Å². The number of hydrogen-bond acceptors (Lipinski definition) is 4. The summed E-state index contributed by atoms with van der Waals surface area (Å²) in [5.74, 6) is 0.822. The van der Waals surface area contributed by atoms with Gasteiger partial charge in [-0.2, -0.15) is 0 Å². The second kappa shape index (κ2) is 6.18. The van der Waals surface area contributed by atoms with Crippen LogP contribution < -0.4 is 10.1 Å². The van der Waals surface area contributed by atoms with Gasteiger partial charge in [-0.15, -0.1) is 11.3 Å². The Hall–Kier alpha value is -1.10. The molecule has 1 heterocycles. The van der Waals surface area contributed by atoms with E-state index in [0.717, 1.165) is 27.9 Å². The van der Waals surface area contributed by atoms with E-state index in [1.807, 2.05) is 38.4 Å². The molecular weight excluding hydrogens is 268 g/mol. The summed E-state index contributed by atoms with van der Waals surface area (Å²) in [6.45, 7) is 3.30. The zero-order valence-corrected chi connectivity index (χ0v) is 11.9. The van der Waals surface area contributed by atoms with Crippen LogP contribution in [0.15, 0.2) is 24.4 Å². The fourth-order valence-electron chi connectivity index (χ4n) is 1.52. The molecule has 2 rings (SSSR count). The SMILES string of the molecule is CNCc1cnc(COc2ccc(Cl)c(C)c2)s1. The van der Waals surface area contributed by atoms with Gasteiger partial charge in [0.15, 0.2) is 0 Å². The second-order valence-corrected chi connectivity index (χ2v) is 5.56. The smallest absolute Gasteiger partial charge is 0.140 e. The van der Waals surface area contributed by atoms with Crippen molar-refractivity contribution in [2.45, 2.75) is 20.1 Å². The number of thiazole rings is 1. The number of ether oxygens (including phenoxy) is 1. The van der Waals surface area contributed by atoms with E-state index in [4.69, 9.17) is 16.3 Å². The minimum Gasteiger partial charge on any atom is -0.486 e. The van der Waals surface area contributed by atoms with Crippen molar-refractivity contribution in [3.05, 3.63) is 44.9 Å². The summed E-state index contributed by atoms with van der Waals surface area (Å²) in [6, 6.07) is 5.66. The van der Waals surface area contributed by atoms with Crippen LogP contribution in [-0.2, 0) is 13.2 Å². The fourth-order valence-corrected chi connectivity index (χ4v) is 2.49. The number of hydrogen-bond donors (Lipinski definition) is 1. The first-order chi connectivity index (χ1) is 8.69.